The monoisotopic (exact) mass is 450 g/mol. The molecule has 1 aromatic carbocycles. The van der Waals surface area contributed by atoms with Crippen LogP contribution in [0, 0.1) is 0 Å². The summed E-state index contributed by atoms with van der Waals surface area (Å²) in [5.41, 5.74) is 1.49. The molecule has 0 radical (unpaired) electrons. The molecule has 0 unspecified atom stereocenters. The van der Waals surface area contributed by atoms with Gasteiger partial charge in [-0.15, -0.1) is 0 Å². The van der Waals surface area contributed by atoms with Crippen LogP contribution < -0.4 is 20.3 Å². The minimum atomic E-state index is -0.497. The highest BCUT2D eigenvalue weighted by atomic mass is 16.5. The van der Waals surface area contributed by atoms with E-state index in [0.717, 1.165) is 55.2 Å². The van der Waals surface area contributed by atoms with Crippen molar-refractivity contribution in [2.24, 2.45) is 0 Å². The van der Waals surface area contributed by atoms with Crippen LogP contribution in [0.4, 0.5) is 17.5 Å². The number of carbonyl (C=O) groups is 1. The number of rotatable bonds is 7. The van der Waals surface area contributed by atoms with Gasteiger partial charge in [-0.25, -0.2) is 4.98 Å². The third kappa shape index (κ3) is 4.36. The first-order chi connectivity index (χ1) is 16.0. The molecule has 2 fully saturated rings. The van der Waals surface area contributed by atoms with Gasteiger partial charge in [0.1, 0.15) is 23.7 Å². The van der Waals surface area contributed by atoms with Gasteiger partial charge in [0.05, 0.1) is 0 Å². The van der Waals surface area contributed by atoms with Crippen LogP contribution in [0.15, 0.2) is 30.5 Å². The Morgan fingerprint density at radius 1 is 1.21 bits per heavy atom. The van der Waals surface area contributed by atoms with Crippen LogP contribution >= 0.6 is 0 Å². The van der Waals surface area contributed by atoms with Crippen molar-refractivity contribution >= 4 is 23.4 Å². The van der Waals surface area contributed by atoms with Gasteiger partial charge in [0, 0.05) is 43.0 Å². The summed E-state index contributed by atoms with van der Waals surface area (Å²) in [4.78, 5) is 27.0. The largest absolute Gasteiger partial charge is 0.492 e. The standard InChI is InChI=1S/C25H34N6O2/c1-30(2)14-15-33-21-10-8-19(9-11-21)28-24-27-17-18-16-25(12-13-26-23(25)32)31(22(18)29-24)20-6-4-3-5-7-20/h8-11,17,20H,3-7,12-16H2,1-2H3,(H,26,32)(H,27,28,29)/t25-/m1/s1. The maximum Gasteiger partial charge on any atom is 0.246 e. The number of anilines is 3. The molecule has 1 spiro atoms. The van der Waals surface area contributed by atoms with Crippen molar-refractivity contribution in [1.29, 1.82) is 0 Å². The molecule has 2 aliphatic heterocycles. The molecule has 0 bridgehead atoms. The lowest BCUT2D eigenvalue weighted by molar-refractivity contribution is -0.123. The summed E-state index contributed by atoms with van der Waals surface area (Å²) in [5, 5.41) is 6.41. The van der Waals surface area contributed by atoms with Gasteiger partial charge in [0.2, 0.25) is 11.9 Å². The number of nitrogens with zero attached hydrogens (tertiary/aromatic N) is 4. The van der Waals surface area contributed by atoms with Gasteiger partial charge >= 0.3 is 0 Å². The molecule has 1 aromatic heterocycles. The molecule has 1 amide bonds. The second kappa shape index (κ2) is 9.17. The first-order valence-electron chi connectivity index (χ1n) is 12.1. The van der Waals surface area contributed by atoms with Crippen LogP contribution in [0.1, 0.15) is 44.1 Å². The van der Waals surface area contributed by atoms with Gasteiger partial charge in [-0.3, -0.25) is 4.79 Å². The Morgan fingerprint density at radius 2 is 2.00 bits per heavy atom. The molecule has 1 saturated carbocycles. The SMILES string of the molecule is CN(C)CCOc1ccc(Nc2ncc3c(n2)N(C2CCCCC2)[C@]2(CCNC2=O)C3)cc1. The maximum atomic E-state index is 13.0. The fourth-order valence-corrected chi connectivity index (χ4v) is 5.42. The van der Waals surface area contributed by atoms with E-state index in [9.17, 15) is 4.79 Å². The summed E-state index contributed by atoms with van der Waals surface area (Å²) in [7, 11) is 4.06. The molecule has 176 valence electrons. The highest BCUT2D eigenvalue weighted by Gasteiger charge is 2.55. The minimum absolute atomic E-state index is 0.144. The molecular formula is C25H34N6O2. The Morgan fingerprint density at radius 3 is 2.70 bits per heavy atom. The van der Waals surface area contributed by atoms with Gasteiger partial charge in [-0.1, -0.05) is 19.3 Å². The summed E-state index contributed by atoms with van der Waals surface area (Å²) in [6.45, 7) is 2.26. The number of hydrogen-bond acceptors (Lipinski definition) is 7. The molecule has 3 aliphatic rings. The number of amides is 1. The van der Waals surface area contributed by atoms with Gasteiger partial charge in [0.15, 0.2) is 0 Å². The van der Waals surface area contributed by atoms with Crippen LogP contribution in [0.3, 0.4) is 0 Å². The number of hydrogen-bond donors (Lipinski definition) is 2. The molecule has 8 heteroatoms. The first-order valence-corrected chi connectivity index (χ1v) is 12.1. The molecule has 1 aliphatic carbocycles. The Hall–Kier alpha value is -2.87. The summed E-state index contributed by atoms with van der Waals surface area (Å²) in [5.74, 6) is 2.48. The fraction of sp³-hybridized carbons (Fsp3) is 0.560. The van der Waals surface area contributed by atoms with Crippen LogP contribution in [0.2, 0.25) is 0 Å². The zero-order chi connectivity index (χ0) is 22.8. The highest BCUT2D eigenvalue weighted by molar-refractivity contribution is 5.94. The van der Waals surface area contributed by atoms with Gasteiger partial charge in [-0.05, 0) is 57.6 Å². The highest BCUT2D eigenvalue weighted by Crippen LogP contribution is 2.45. The molecule has 2 aromatic rings. The molecule has 1 atom stereocenters. The Bertz CT molecular complexity index is 989. The smallest absolute Gasteiger partial charge is 0.246 e. The van der Waals surface area contributed by atoms with E-state index in [1.165, 1.54) is 19.3 Å². The molecule has 2 N–H and O–H groups in total. The number of nitrogens with one attached hydrogen (secondary N) is 2. The van der Waals surface area contributed by atoms with Crippen LogP contribution in [0.25, 0.3) is 0 Å². The third-order valence-electron chi connectivity index (χ3n) is 7.12. The summed E-state index contributed by atoms with van der Waals surface area (Å²) in [6.07, 6.45) is 9.38. The van der Waals surface area contributed by atoms with Gasteiger partial charge in [-0.2, -0.15) is 4.98 Å². The van der Waals surface area contributed by atoms with E-state index in [-0.39, 0.29) is 5.91 Å². The lowest BCUT2D eigenvalue weighted by Gasteiger charge is -2.42. The maximum absolute atomic E-state index is 13.0. The number of ether oxygens (including phenoxy) is 1. The predicted molar refractivity (Wildman–Crippen MR) is 129 cm³/mol. The van der Waals surface area contributed by atoms with Crippen molar-refractivity contribution in [2.45, 2.75) is 56.5 Å². The molecular weight excluding hydrogens is 416 g/mol. The molecule has 8 nitrogen and oxygen atoms in total. The quantitative estimate of drug-likeness (QED) is 0.671. The van der Waals surface area contributed by atoms with Crippen LogP contribution in [0.5, 0.6) is 5.75 Å². The second-order valence-electron chi connectivity index (χ2n) is 9.72. The molecule has 5 rings (SSSR count). The van der Waals surface area contributed by atoms with E-state index in [1.807, 2.05) is 44.6 Å². The van der Waals surface area contributed by atoms with Crippen molar-refractivity contribution in [2.75, 3.05) is 44.0 Å². The predicted octanol–water partition coefficient (Wildman–Crippen LogP) is 3.11. The van der Waals surface area contributed by atoms with E-state index < -0.39 is 5.54 Å². The van der Waals surface area contributed by atoms with Crippen LogP contribution in [-0.2, 0) is 11.2 Å². The molecule has 1 saturated heterocycles. The number of carbonyl (C=O) groups excluding carboxylic acids is 1. The number of fused-ring (bicyclic) bond motifs is 1. The van der Waals surface area contributed by atoms with Crippen molar-refractivity contribution in [3.05, 3.63) is 36.0 Å². The van der Waals surface area contributed by atoms with Crippen molar-refractivity contribution in [3.8, 4) is 5.75 Å². The molecule has 33 heavy (non-hydrogen) atoms. The van der Waals surface area contributed by atoms with E-state index in [1.54, 1.807) is 0 Å². The zero-order valence-electron chi connectivity index (χ0n) is 19.6. The minimum Gasteiger partial charge on any atom is -0.492 e. The lowest BCUT2D eigenvalue weighted by atomic mass is 9.87. The van der Waals surface area contributed by atoms with E-state index in [2.05, 4.69) is 25.4 Å². The topological polar surface area (TPSA) is 82.6 Å². The average Bonchev–Trinajstić information content (AvgIpc) is 3.34. The normalized spacial score (nSPS) is 22.6. The number of likely N-dealkylation sites (N-methyl/N-ethyl adjacent to an activating group) is 1. The Labute approximate surface area is 195 Å². The summed E-state index contributed by atoms with van der Waals surface area (Å²) >= 11 is 0. The fourth-order valence-electron chi connectivity index (χ4n) is 5.42. The first kappa shape index (κ1) is 21.9. The summed E-state index contributed by atoms with van der Waals surface area (Å²) in [6, 6.07) is 8.23. The average molecular weight is 451 g/mol. The van der Waals surface area contributed by atoms with Crippen molar-refractivity contribution in [1.82, 2.24) is 20.2 Å². The Kier molecular flexibility index (Phi) is 6.10. The summed E-state index contributed by atoms with van der Waals surface area (Å²) < 4.78 is 5.78. The second-order valence-corrected chi connectivity index (χ2v) is 9.72. The lowest BCUT2D eigenvalue weighted by Crippen LogP contribution is -2.57. The third-order valence-corrected chi connectivity index (χ3v) is 7.12. The van der Waals surface area contributed by atoms with E-state index in [0.29, 0.717) is 25.0 Å². The van der Waals surface area contributed by atoms with Crippen molar-refractivity contribution < 1.29 is 9.53 Å². The Balaban J connectivity index is 1.35. The number of benzene rings is 1. The van der Waals surface area contributed by atoms with E-state index >= 15 is 0 Å². The zero-order valence-corrected chi connectivity index (χ0v) is 19.6. The molecule has 3 heterocycles. The van der Waals surface area contributed by atoms with E-state index in [4.69, 9.17) is 9.72 Å². The number of aromatic nitrogens is 2. The van der Waals surface area contributed by atoms with Crippen LogP contribution in [-0.4, -0.2) is 66.1 Å². The van der Waals surface area contributed by atoms with Gasteiger partial charge in [0.25, 0.3) is 0 Å². The van der Waals surface area contributed by atoms with Gasteiger partial charge < -0.3 is 25.2 Å². The van der Waals surface area contributed by atoms with Crippen molar-refractivity contribution in [3.63, 3.8) is 0 Å².